The Hall–Kier alpha value is -3.85. The zero-order chi connectivity index (χ0) is 34.2. The first-order valence-electron chi connectivity index (χ1n) is 16.4. The molecule has 3 amide bonds. The van der Waals surface area contributed by atoms with Crippen LogP contribution >= 0.6 is 23.4 Å². The molecule has 6 rings (SSSR count). The number of halogens is 1. The van der Waals surface area contributed by atoms with Crippen LogP contribution in [-0.2, 0) is 20.8 Å². The van der Waals surface area contributed by atoms with Crippen molar-refractivity contribution < 1.29 is 19.5 Å². The number of para-hydroxylation sites is 2. The van der Waals surface area contributed by atoms with Gasteiger partial charge in [-0.2, -0.15) is 0 Å². The number of aliphatic hydroxyl groups is 1. The van der Waals surface area contributed by atoms with E-state index in [0.29, 0.717) is 30.0 Å². The first-order valence-corrected chi connectivity index (χ1v) is 17.6. The van der Waals surface area contributed by atoms with Gasteiger partial charge in [-0.05, 0) is 62.4 Å². The average Bonchev–Trinajstić information content (AvgIpc) is 3.66. The van der Waals surface area contributed by atoms with E-state index in [2.05, 4.69) is 20.1 Å². The highest BCUT2D eigenvalue weighted by atomic mass is 35.5. The molecule has 6 atom stereocenters. The maximum absolute atomic E-state index is 15.3. The van der Waals surface area contributed by atoms with Crippen LogP contribution in [0.5, 0.6) is 0 Å². The number of fused-ring (bicyclic) bond motifs is 1. The second-order valence-corrected chi connectivity index (χ2v) is 15.5. The van der Waals surface area contributed by atoms with Crippen molar-refractivity contribution >= 4 is 52.5 Å². The van der Waals surface area contributed by atoms with E-state index in [1.54, 1.807) is 44.7 Å². The molecule has 7 nitrogen and oxygen atoms in total. The first-order chi connectivity index (χ1) is 23.1. The van der Waals surface area contributed by atoms with Crippen LogP contribution in [-0.4, -0.2) is 69.0 Å². The molecule has 3 aromatic rings. The fourth-order valence-corrected chi connectivity index (χ4v) is 11.0. The lowest BCUT2D eigenvalue weighted by Crippen LogP contribution is -2.58. The normalized spacial score (nSPS) is 26.2. The third-order valence-electron chi connectivity index (χ3n) is 10.3. The Morgan fingerprint density at radius 2 is 1.62 bits per heavy atom. The molecule has 0 radical (unpaired) electrons. The summed E-state index contributed by atoms with van der Waals surface area (Å²) in [5.74, 6) is -2.16. The van der Waals surface area contributed by atoms with Gasteiger partial charge in [-0.1, -0.05) is 84.4 Å². The second-order valence-electron chi connectivity index (χ2n) is 13.2. The first kappa shape index (κ1) is 34.0. The Kier molecular flexibility index (Phi) is 9.62. The third-order valence-corrected chi connectivity index (χ3v) is 12.6. The van der Waals surface area contributed by atoms with E-state index in [4.69, 9.17) is 11.6 Å². The fourth-order valence-electron chi connectivity index (χ4n) is 8.31. The van der Waals surface area contributed by atoms with Crippen molar-refractivity contribution in [3.05, 3.63) is 120 Å². The van der Waals surface area contributed by atoms with E-state index < -0.39 is 33.4 Å². The molecule has 0 aliphatic carbocycles. The van der Waals surface area contributed by atoms with Gasteiger partial charge < -0.3 is 19.8 Å². The van der Waals surface area contributed by atoms with Crippen molar-refractivity contribution in [2.45, 2.75) is 54.7 Å². The summed E-state index contributed by atoms with van der Waals surface area (Å²) in [5, 5.41) is 11.3. The minimum absolute atomic E-state index is 0.155. The summed E-state index contributed by atoms with van der Waals surface area (Å²) >= 11 is 8.37. The van der Waals surface area contributed by atoms with Crippen molar-refractivity contribution in [3.63, 3.8) is 0 Å². The molecule has 3 aliphatic rings. The molecule has 9 heteroatoms. The number of benzene rings is 3. The number of thioether (sulfide) groups is 1. The van der Waals surface area contributed by atoms with E-state index in [1.807, 2.05) is 79.7 Å². The Morgan fingerprint density at radius 3 is 2.25 bits per heavy atom. The third kappa shape index (κ3) is 5.57. The van der Waals surface area contributed by atoms with Gasteiger partial charge in [-0.3, -0.25) is 14.4 Å². The molecule has 3 fully saturated rings. The molecule has 1 spiro atoms. The lowest BCUT2D eigenvalue weighted by atomic mass is 9.66. The Balaban J connectivity index is 1.50. The molecule has 3 aromatic carbocycles. The number of aryl methyl sites for hydroxylation is 1. The van der Waals surface area contributed by atoms with Crippen LogP contribution in [0.2, 0.25) is 5.02 Å². The summed E-state index contributed by atoms with van der Waals surface area (Å²) in [6.07, 6.45) is 4.96. The minimum Gasteiger partial charge on any atom is -0.394 e. The number of hydrogen-bond acceptors (Lipinski definition) is 5. The largest absolute Gasteiger partial charge is 0.394 e. The van der Waals surface area contributed by atoms with Crippen LogP contribution in [0.4, 0.5) is 11.4 Å². The van der Waals surface area contributed by atoms with Crippen molar-refractivity contribution in [1.82, 2.24) is 4.90 Å². The number of aliphatic hydroxyl groups excluding tert-OH is 1. The molecule has 3 heterocycles. The smallest absolute Gasteiger partial charge is 0.251 e. The van der Waals surface area contributed by atoms with E-state index in [9.17, 15) is 9.90 Å². The number of carbonyl (C=O) groups excluding carboxylic acids is 3. The Labute approximate surface area is 292 Å². The molecule has 0 saturated carbocycles. The monoisotopic (exact) mass is 683 g/mol. The zero-order valence-corrected chi connectivity index (χ0v) is 29.0. The van der Waals surface area contributed by atoms with E-state index in [-0.39, 0.29) is 37.4 Å². The maximum atomic E-state index is 15.3. The highest BCUT2D eigenvalue weighted by Gasteiger charge is 2.78. The summed E-state index contributed by atoms with van der Waals surface area (Å²) in [7, 11) is 0. The van der Waals surface area contributed by atoms with Crippen LogP contribution in [0.15, 0.2) is 104 Å². The fraction of sp³-hybridized carbons (Fsp3) is 0.359. The number of rotatable bonds is 12. The van der Waals surface area contributed by atoms with Crippen molar-refractivity contribution in [2.24, 2.45) is 11.8 Å². The molecule has 1 N–H and O–H groups in total. The van der Waals surface area contributed by atoms with Gasteiger partial charge in [0.2, 0.25) is 11.8 Å². The summed E-state index contributed by atoms with van der Waals surface area (Å²) in [5.41, 5.74) is 3.05. The lowest BCUT2D eigenvalue weighted by Gasteiger charge is -2.40. The molecular weight excluding hydrogens is 642 g/mol. The highest BCUT2D eigenvalue weighted by Crippen LogP contribution is 2.72. The second kappa shape index (κ2) is 13.6. The van der Waals surface area contributed by atoms with Crippen molar-refractivity contribution in [2.75, 3.05) is 29.5 Å². The van der Waals surface area contributed by atoms with Crippen LogP contribution in [0.3, 0.4) is 0 Å². The molecule has 3 saturated heterocycles. The lowest BCUT2D eigenvalue weighted by molar-refractivity contribution is -0.142. The average molecular weight is 684 g/mol. The molecule has 0 aromatic heterocycles. The molecule has 48 heavy (non-hydrogen) atoms. The van der Waals surface area contributed by atoms with Gasteiger partial charge in [-0.15, -0.1) is 24.9 Å². The van der Waals surface area contributed by atoms with Gasteiger partial charge in [0.05, 0.1) is 39.9 Å². The van der Waals surface area contributed by atoms with Gasteiger partial charge in [0.25, 0.3) is 5.91 Å². The standard InChI is InChI=1S/C39H42ClN3O4S/c1-5-22-41(28-17-11-8-12-18-28)35(45)31-32-36(46)43(29(25-44)24-27-15-9-7-10-16-27)34(39(32)21-20-38(31,4)48-39)37(47)42(23-6-2)33-26(3)14-13-19-30(33)40/h5-19,29,31-32,34,44H,1-2,20-25H2,3-4H3/t29-,31+,32+,34?,38-,39?/m1/s1. The van der Waals surface area contributed by atoms with Crippen LogP contribution in [0, 0.1) is 18.8 Å². The Morgan fingerprint density at radius 1 is 0.979 bits per heavy atom. The number of likely N-dealkylation sites (tertiary alicyclic amines) is 1. The summed E-state index contributed by atoms with van der Waals surface area (Å²) in [4.78, 5) is 50.1. The van der Waals surface area contributed by atoms with Crippen molar-refractivity contribution in [1.29, 1.82) is 0 Å². The van der Waals surface area contributed by atoms with Gasteiger partial charge in [-0.25, -0.2) is 0 Å². The summed E-state index contributed by atoms with van der Waals surface area (Å²) in [6.45, 7) is 11.9. The van der Waals surface area contributed by atoms with Gasteiger partial charge >= 0.3 is 0 Å². The van der Waals surface area contributed by atoms with Crippen LogP contribution in [0.1, 0.15) is 30.9 Å². The number of hydrogen-bond donors (Lipinski definition) is 1. The molecule has 250 valence electrons. The molecule has 2 unspecified atom stereocenters. The predicted octanol–water partition coefficient (Wildman–Crippen LogP) is 6.47. The van der Waals surface area contributed by atoms with Crippen LogP contribution in [0.25, 0.3) is 0 Å². The maximum Gasteiger partial charge on any atom is 0.251 e. The van der Waals surface area contributed by atoms with E-state index in [0.717, 1.165) is 16.8 Å². The zero-order valence-electron chi connectivity index (χ0n) is 27.4. The van der Waals surface area contributed by atoms with Crippen molar-refractivity contribution in [3.8, 4) is 0 Å². The number of carbonyl (C=O) groups is 3. The van der Waals surface area contributed by atoms with Gasteiger partial charge in [0.1, 0.15) is 6.04 Å². The molecule has 3 aliphatic heterocycles. The molecule has 2 bridgehead atoms. The van der Waals surface area contributed by atoms with Crippen LogP contribution < -0.4 is 9.80 Å². The highest BCUT2D eigenvalue weighted by molar-refractivity contribution is 8.02. The summed E-state index contributed by atoms with van der Waals surface area (Å²) in [6, 6.07) is 23.0. The van der Waals surface area contributed by atoms with Gasteiger partial charge in [0.15, 0.2) is 0 Å². The molecular formula is C39H42ClN3O4S. The SMILES string of the molecule is C=CCN(C(=O)[C@@H]1[C@H]2C(=O)N([C@@H](CO)Cc3ccccc3)C(C(=O)N(CC=C)c3c(C)cccc3Cl)C23CC[C@@]1(C)S3)c1ccccc1. The van der Waals surface area contributed by atoms with E-state index >= 15 is 9.59 Å². The minimum atomic E-state index is -0.944. The quantitative estimate of drug-likeness (QED) is 0.222. The number of amides is 3. The number of anilines is 2. The Bertz CT molecular complexity index is 1700. The van der Waals surface area contributed by atoms with Gasteiger partial charge in [0, 0.05) is 23.5 Å². The predicted molar refractivity (Wildman–Crippen MR) is 194 cm³/mol. The van der Waals surface area contributed by atoms with E-state index in [1.165, 1.54) is 0 Å². The topological polar surface area (TPSA) is 81.2 Å². The number of nitrogens with zero attached hydrogens (tertiary/aromatic N) is 3. The summed E-state index contributed by atoms with van der Waals surface area (Å²) < 4.78 is -1.47.